The summed E-state index contributed by atoms with van der Waals surface area (Å²) in [5.74, 6) is -0.791. The maximum Gasteiger partial charge on any atom is 0.325 e. The SMILES string of the molecule is CCOC(=O)CN(Cc1ccccc1)C(=O)C1CCN(C(=O)c2ccoc2)CC1. The Morgan fingerprint density at radius 1 is 1.14 bits per heavy atom. The predicted octanol–water partition coefficient (Wildman–Crippen LogP) is 2.72. The Hall–Kier alpha value is -3.09. The molecule has 0 N–H and O–H groups in total. The average Bonchev–Trinajstić information content (AvgIpc) is 3.28. The third-order valence-electron chi connectivity index (χ3n) is 5.05. The van der Waals surface area contributed by atoms with Crippen molar-refractivity contribution in [2.45, 2.75) is 26.3 Å². The van der Waals surface area contributed by atoms with Crippen LogP contribution in [-0.4, -0.2) is 53.8 Å². The molecule has 2 aromatic rings. The maximum absolute atomic E-state index is 13.1. The molecule has 0 atom stereocenters. The first-order chi connectivity index (χ1) is 14.1. The Bertz CT molecular complexity index is 811. The Labute approximate surface area is 170 Å². The number of carbonyl (C=O) groups is 3. The first-order valence-electron chi connectivity index (χ1n) is 9.88. The quantitative estimate of drug-likeness (QED) is 0.670. The molecule has 154 valence electrons. The minimum absolute atomic E-state index is 0.0719. The minimum atomic E-state index is -0.413. The van der Waals surface area contributed by atoms with Gasteiger partial charge in [-0.3, -0.25) is 14.4 Å². The zero-order chi connectivity index (χ0) is 20.6. The van der Waals surface area contributed by atoms with Crippen molar-refractivity contribution in [1.82, 2.24) is 9.80 Å². The van der Waals surface area contributed by atoms with Crippen LogP contribution >= 0.6 is 0 Å². The molecule has 1 aliphatic rings. The van der Waals surface area contributed by atoms with Crippen LogP contribution < -0.4 is 0 Å². The summed E-state index contributed by atoms with van der Waals surface area (Å²) >= 11 is 0. The van der Waals surface area contributed by atoms with Gasteiger partial charge in [0, 0.05) is 25.6 Å². The van der Waals surface area contributed by atoms with Crippen molar-refractivity contribution in [2.75, 3.05) is 26.2 Å². The number of nitrogens with zero attached hydrogens (tertiary/aromatic N) is 2. The summed E-state index contributed by atoms with van der Waals surface area (Å²) < 4.78 is 10.0. The third kappa shape index (κ3) is 5.47. The molecule has 0 radical (unpaired) electrons. The summed E-state index contributed by atoms with van der Waals surface area (Å²) in [5.41, 5.74) is 1.47. The molecule has 1 aromatic carbocycles. The Morgan fingerprint density at radius 3 is 2.48 bits per heavy atom. The fraction of sp³-hybridized carbons (Fsp3) is 0.409. The number of carbonyl (C=O) groups excluding carboxylic acids is 3. The summed E-state index contributed by atoms with van der Waals surface area (Å²) in [4.78, 5) is 40.9. The molecule has 0 unspecified atom stereocenters. The number of ether oxygens (including phenoxy) is 1. The van der Waals surface area contributed by atoms with Crippen LogP contribution in [0.1, 0.15) is 35.7 Å². The van der Waals surface area contributed by atoms with Gasteiger partial charge in [0.1, 0.15) is 12.8 Å². The van der Waals surface area contributed by atoms with Gasteiger partial charge in [0.25, 0.3) is 5.91 Å². The molecule has 7 heteroatoms. The number of benzene rings is 1. The maximum atomic E-state index is 13.1. The van der Waals surface area contributed by atoms with E-state index in [1.165, 1.54) is 12.5 Å². The standard InChI is InChI=1S/C22H26N2O5/c1-2-29-20(25)15-24(14-17-6-4-3-5-7-17)21(26)18-8-11-23(12-9-18)22(27)19-10-13-28-16-19/h3-7,10,13,16,18H,2,8-9,11-12,14-15H2,1H3. The van der Waals surface area contributed by atoms with Crippen LogP contribution in [0.15, 0.2) is 53.3 Å². The predicted molar refractivity (Wildman–Crippen MR) is 106 cm³/mol. The van der Waals surface area contributed by atoms with Crippen molar-refractivity contribution < 1.29 is 23.5 Å². The van der Waals surface area contributed by atoms with Gasteiger partial charge in [-0.1, -0.05) is 30.3 Å². The molecule has 2 amide bonds. The van der Waals surface area contributed by atoms with Gasteiger partial charge in [0.2, 0.25) is 5.91 Å². The smallest absolute Gasteiger partial charge is 0.325 e. The number of amides is 2. The summed E-state index contributed by atoms with van der Waals surface area (Å²) in [7, 11) is 0. The van der Waals surface area contributed by atoms with E-state index in [1.807, 2.05) is 30.3 Å². The van der Waals surface area contributed by atoms with Crippen molar-refractivity contribution in [3.8, 4) is 0 Å². The molecular weight excluding hydrogens is 372 g/mol. The van der Waals surface area contributed by atoms with Gasteiger partial charge in [0.15, 0.2) is 0 Å². The zero-order valence-electron chi connectivity index (χ0n) is 16.6. The van der Waals surface area contributed by atoms with Crippen LogP contribution in [0.25, 0.3) is 0 Å². The van der Waals surface area contributed by atoms with Crippen molar-refractivity contribution in [1.29, 1.82) is 0 Å². The number of piperidine rings is 1. The molecule has 1 fully saturated rings. The van der Waals surface area contributed by atoms with Crippen molar-refractivity contribution in [3.63, 3.8) is 0 Å². The summed E-state index contributed by atoms with van der Waals surface area (Å²) in [6, 6.07) is 11.2. The highest BCUT2D eigenvalue weighted by Crippen LogP contribution is 2.22. The normalized spacial score (nSPS) is 14.4. The van der Waals surface area contributed by atoms with E-state index in [1.54, 1.807) is 22.8 Å². The lowest BCUT2D eigenvalue weighted by Crippen LogP contribution is -2.45. The first-order valence-corrected chi connectivity index (χ1v) is 9.88. The van der Waals surface area contributed by atoms with E-state index in [-0.39, 0.29) is 30.9 Å². The lowest BCUT2D eigenvalue weighted by Gasteiger charge is -2.34. The Morgan fingerprint density at radius 2 is 1.86 bits per heavy atom. The van der Waals surface area contributed by atoms with Crippen molar-refractivity contribution in [3.05, 3.63) is 60.1 Å². The van der Waals surface area contributed by atoms with Crippen LogP contribution in [0.5, 0.6) is 0 Å². The van der Waals surface area contributed by atoms with Crippen molar-refractivity contribution in [2.24, 2.45) is 5.92 Å². The van der Waals surface area contributed by atoms with Crippen LogP contribution in [-0.2, 0) is 20.9 Å². The van der Waals surface area contributed by atoms with Crippen molar-refractivity contribution >= 4 is 17.8 Å². The molecule has 1 aromatic heterocycles. The molecule has 7 nitrogen and oxygen atoms in total. The number of hydrogen-bond acceptors (Lipinski definition) is 5. The highest BCUT2D eigenvalue weighted by molar-refractivity contribution is 5.94. The molecule has 0 spiro atoms. The van der Waals surface area contributed by atoms with Gasteiger partial charge in [-0.2, -0.15) is 0 Å². The van der Waals surface area contributed by atoms with Gasteiger partial charge < -0.3 is 19.0 Å². The van der Waals surface area contributed by atoms with Gasteiger partial charge in [-0.05, 0) is 31.4 Å². The van der Waals surface area contributed by atoms with E-state index in [4.69, 9.17) is 9.15 Å². The number of rotatable bonds is 7. The van der Waals surface area contributed by atoms with E-state index in [0.717, 1.165) is 5.56 Å². The minimum Gasteiger partial charge on any atom is -0.472 e. The number of esters is 1. The molecule has 0 saturated carbocycles. The molecule has 29 heavy (non-hydrogen) atoms. The van der Waals surface area contributed by atoms with Crippen LogP contribution in [0, 0.1) is 5.92 Å². The van der Waals surface area contributed by atoms with E-state index in [9.17, 15) is 14.4 Å². The second-order valence-electron chi connectivity index (χ2n) is 7.06. The topological polar surface area (TPSA) is 80.1 Å². The van der Waals surface area contributed by atoms with Gasteiger partial charge in [-0.25, -0.2) is 0 Å². The Balaban J connectivity index is 1.62. The monoisotopic (exact) mass is 398 g/mol. The lowest BCUT2D eigenvalue weighted by molar-refractivity contribution is -0.151. The Kier molecular flexibility index (Phi) is 7.05. The number of furan rings is 1. The van der Waals surface area contributed by atoms with Crippen LogP contribution in [0.3, 0.4) is 0 Å². The molecule has 0 bridgehead atoms. The first kappa shape index (κ1) is 20.6. The molecule has 2 heterocycles. The molecule has 1 saturated heterocycles. The number of likely N-dealkylation sites (tertiary alicyclic amines) is 1. The average molecular weight is 398 g/mol. The molecular formula is C22H26N2O5. The van der Waals surface area contributed by atoms with E-state index >= 15 is 0 Å². The summed E-state index contributed by atoms with van der Waals surface area (Å²) in [6.07, 6.45) is 4.04. The highest BCUT2D eigenvalue weighted by Gasteiger charge is 2.31. The van der Waals surface area contributed by atoms with Gasteiger partial charge in [0.05, 0.1) is 18.4 Å². The van der Waals surface area contributed by atoms with E-state index < -0.39 is 5.97 Å². The van der Waals surface area contributed by atoms with Gasteiger partial charge >= 0.3 is 5.97 Å². The fourth-order valence-corrected chi connectivity index (χ4v) is 3.53. The zero-order valence-corrected chi connectivity index (χ0v) is 16.6. The second-order valence-corrected chi connectivity index (χ2v) is 7.06. The van der Waals surface area contributed by atoms with Gasteiger partial charge in [-0.15, -0.1) is 0 Å². The lowest BCUT2D eigenvalue weighted by atomic mass is 9.94. The summed E-state index contributed by atoms with van der Waals surface area (Å²) in [5, 5.41) is 0. The van der Waals surface area contributed by atoms with Crippen LogP contribution in [0.4, 0.5) is 0 Å². The largest absolute Gasteiger partial charge is 0.472 e. The molecule has 0 aliphatic carbocycles. The van der Waals surface area contributed by atoms with E-state index in [2.05, 4.69) is 0 Å². The summed E-state index contributed by atoms with van der Waals surface area (Å²) in [6.45, 7) is 3.30. The molecule has 1 aliphatic heterocycles. The second kappa shape index (κ2) is 9.91. The van der Waals surface area contributed by atoms with E-state index in [0.29, 0.717) is 38.0 Å². The molecule has 3 rings (SSSR count). The highest BCUT2D eigenvalue weighted by atomic mass is 16.5. The van der Waals surface area contributed by atoms with Crippen LogP contribution in [0.2, 0.25) is 0 Å². The fourth-order valence-electron chi connectivity index (χ4n) is 3.53. The number of hydrogen-bond donors (Lipinski definition) is 0. The third-order valence-corrected chi connectivity index (χ3v) is 5.05.